The highest BCUT2D eigenvalue weighted by Crippen LogP contribution is 2.32. The molecule has 1 saturated heterocycles. The lowest BCUT2D eigenvalue weighted by molar-refractivity contribution is -0.131. The molecule has 1 amide bonds. The number of halogens is 2. The molecule has 0 radical (unpaired) electrons. The molecule has 0 bridgehead atoms. The van der Waals surface area contributed by atoms with Gasteiger partial charge < -0.3 is 15.0 Å². The smallest absolute Gasteiger partial charge is 0.237 e. The SMILES string of the molecule is COCCNCC(=O)N1CCCC1c1cccc(Br)c1.Cl. The van der Waals surface area contributed by atoms with E-state index >= 15 is 0 Å². The van der Waals surface area contributed by atoms with Crippen molar-refractivity contribution in [2.24, 2.45) is 0 Å². The zero-order chi connectivity index (χ0) is 14.4. The number of ether oxygens (including phenoxy) is 1. The third-order valence-corrected chi connectivity index (χ3v) is 4.06. The molecule has 1 aromatic carbocycles. The van der Waals surface area contributed by atoms with Gasteiger partial charge in [-0.3, -0.25) is 4.79 Å². The topological polar surface area (TPSA) is 41.6 Å². The van der Waals surface area contributed by atoms with E-state index in [2.05, 4.69) is 33.4 Å². The van der Waals surface area contributed by atoms with E-state index in [1.54, 1.807) is 7.11 Å². The van der Waals surface area contributed by atoms with Crippen molar-refractivity contribution in [3.63, 3.8) is 0 Å². The first-order valence-electron chi connectivity index (χ1n) is 6.97. The number of hydrogen-bond donors (Lipinski definition) is 1. The van der Waals surface area contributed by atoms with Crippen LogP contribution in [0.2, 0.25) is 0 Å². The van der Waals surface area contributed by atoms with Gasteiger partial charge in [0.2, 0.25) is 5.91 Å². The number of carbonyl (C=O) groups is 1. The summed E-state index contributed by atoms with van der Waals surface area (Å²) in [4.78, 5) is 14.3. The predicted octanol–water partition coefficient (Wildman–Crippen LogP) is 2.77. The Balaban J connectivity index is 0.00000220. The van der Waals surface area contributed by atoms with Gasteiger partial charge in [-0.2, -0.15) is 0 Å². The number of benzene rings is 1. The molecule has 1 aromatic rings. The summed E-state index contributed by atoms with van der Waals surface area (Å²) in [6, 6.07) is 8.45. The Bertz CT molecular complexity index is 459. The summed E-state index contributed by atoms with van der Waals surface area (Å²) < 4.78 is 6.02. The number of likely N-dealkylation sites (tertiary alicyclic amines) is 1. The summed E-state index contributed by atoms with van der Waals surface area (Å²) in [5.74, 6) is 0.170. The molecule has 1 aliphatic rings. The lowest BCUT2D eigenvalue weighted by atomic mass is 10.0. The van der Waals surface area contributed by atoms with Crippen molar-refractivity contribution in [3.8, 4) is 0 Å². The van der Waals surface area contributed by atoms with Crippen molar-refractivity contribution in [3.05, 3.63) is 34.3 Å². The number of methoxy groups -OCH3 is 1. The normalized spacial score (nSPS) is 17.6. The molecule has 0 aromatic heterocycles. The van der Waals surface area contributed by atoms with Gasteiger partial charge in [-0.25, -0.2) is 0 Å². The highest BCUT2D eigenvalue weighted by molar-refractivity contribution is 9.10. The standard InChI is InChI=1S/C15H21BrN2O2.ClH/c1-20-9-7-17-11-15(19)18-8-3-6-14(18)12-4-2-5-13(16)10-12;/h2,4-5,10,14,17H,3,6-9,11H2,1H3;1H. The van der Waals surface area contributed by atoms with Crippen molar-refractivity contribution < 1.29 is 9.53 Å². The summed E-state index contributed by atoms with van der Waals surface area (Å²) in [5.41, 5.74) is 1.21. The van der Waals surface area contributed by atoms with Gasteiger partial charge in [-0.05, 0) is 30.5 Å². The third kappa shape index (κ3) is 5.25. The number of amides is 1. The Morgan fingerprint density at radius 2 is 2.33 bits per heavy atom. The maximum Gasteiger partial charge on any atom is 0.237 e. The minimum atomic E-state index is 0. The summed E-state index contributed by atoms with van der Waals surface area (Å²) in [6.45, 7) is 2.57. The fourth-order valence-corrected chi connectivity index (χ4v) is 3.01. The van der Waals surface area contributed by atoms with Crippen molar-refractivity contribution in [2.45, 2.75) is 18.9 Å². The molecule has 1 unspecified atom stereocenters. The summed E-state index contributed by atoms with van der Waals surface area (Å²) in [7, 11) is 1.66. The van der Waals surface area contributed by atoms with Crippen molar-refractivity contribution in [1.29, 1.82) is 0 Å². The maximum atomic E-state index is 12.3. The van der Waals surface area contributed by atoms with Crippen LogP contribution in [-0.4, -0.2) is 44.2 Å². The molecule has 1 atom stereocenters. The first-order valence-corrected chi connectivity index (χ1v) is 7.76. The van der Waals surface area contributed by atoms with Gasteiger partial charge in [0.25, 0.3) is 0 Å². The summed E-state index contributed by atoms with van der Waals surface area (Å²) >= 11 is 3.50. The molecule has 0 saturated carbocycles. The fraction of sp³-hybridized carbons (Fsp3) is 0.533. The maximum absolute atomic E-state index is 12.3. The Kier molecular flexibility index (Phi) is 8.26. The Morgan fingerprint density at radius 1 is 1.52 bits per heavy atom. The molecular formula is C15H22BrClN2O2. The van der Waals surface area contributed by atoms with E-state index in [1.165, 1.54) is 5.56 Å². The van der Waals surface area contributed by atoms with Gasteiger partial charge in [0.1, 0.15) is 0 Å². The Labute approximate surface area is 140 Å². The molecule has 0 spiro atoms. The molecular weight excluding hydrogens is 356 g/mol. The molecule has 1 fully saturated rings. The van der Waals surface area contributed by atoms with Gasteiger partial charge in [0.05, 0.1) is 19.2 Å². The van der Waals surface area contributed by atoms with Gasteiger partial charge in [-0.15, -0.1) is 12.4 Å². The molecule has 1 N–H and O–H groups in total. The first kappa shape index (κ1) is 18.4. The monoisotopic (exact) mass is 376 g/mol. The predicted molar refractivity (Wildman–Crippen MR) is 89.8 cm³/mol. The second-order valence-electron chi connectivity index (χ2n) is 4.97. The van der Waals surface area contributed by atoms with Crippen molar-refractivity contribution in [2.75, 3.05) is 33.4 Å². The van der Waals surface area contributed by atoms with Gasteiger partial charge >= 0.3 is 0 Å². The third-order valence-electron chi connectivity index (χ3n) is 3.57. The van der Waals surface area contributed by atoms with Crippen LogP contribution in [0.1, 0.15) is 24.4 Å². The molecule has 1 aliphatic heterocycles. The average Bonchev–Trinajstić information content (AvgIpc) is 2.93. The number of rotatable bonds is 6. The molecule has 4 nitrogen and oxygen atoms in total. The highest BCUT2D eigenvalue weighted by Gasteiger charge is 2.29. The van der Waals surface area contributed by atoms with E-state index in [9.17, 15) is 4.79 Å². The number of nitrogens with one attached hydrogen (secondary N) is 1. The van der Waals surface area contributed by atoms with E-state index in [0.29, 0.717) is 19.7 Å². The minimum Gasteiger partial charge on any atom is -0.383 e. The zero-order valence-corrected chi connectivity index (χ0v) is 14.6. The van der Waals surface area contributed by atoms with E-state index in [1.807, 2.05) is 17.0 Å². The molecule has 21 heavy (non-hydrogen) atoms. The second-order valence-corrected chi connectivity index (χ2v) is 5.89. The van der Waals surface area contributed by atoms with Crippen molar-refractivity contribution in [1.82, 2.24) is 10.2 Å². The van der Waals surface area contributed by atoms with Crippen LogP contribution in [0.3, 0.4) is 0 Å². The fourth-order valence-electron chi connectivity index (χ4n) is 2.60. The molecule has 118 valence electrons. The van der Waals surface area contributed by atoms with E-state index in [4.69, 9.17) is 4.74 Å². The lowest BCUT2D eigenvalue weighted by Crippen LogP contribution is -2.38. The van der Waals surface area contributed by atoms with Crippen LogP contribution >= 0.6 is 28.3 Å². The highest BCUT2D eigenvalue weighted by atomic mass is 79.9. The molecule has 2 rings (SSSR count). The van der Waals surface area contributed by atoms with E-state index in [-0.39, 0.29) is 24.4 Å². The minimum absolute atomic E-state index is 0. The van der Waals surface area contributed by atoms with Gasteiger partial charge in [0.15, 0.2) is 0 Å². The lowest BCUT2D eigenvalue weighted by Gasteiger charge is -2.25. The van der Waals surface area contributed by atoms with Crippen LogP contribution in [0.15, 0.2) is 28.7 Å². The van der Waals surface area contributed by atoms with E-state index < -0.39 is 0 Å². The van der Waals surface area contributed by atoms with Crippen LogP contribution in [0.5, 0.6) is 0 Å². The van der Waals surface area contributed by atoms with Crippen molar-refractivity contribution >= 4 is 34.2 Å². The van der Waals surface area contributed by atoms with Gasteiger partial charge in [0, 0.05) is 24.7 Å². The van der Waals surface area contributed by atoms with Crippen LogP contribution in [0, 0.1) is 0 Å². The number of carbonyl (C=O) groups excluding carboxylic acids is 1. The largest absolute Gasteiger partial charge is 0.383 e. The number of nitrogens with zero attached hydrogens (tertiary/aromatic N) is 1. The van der Waals surface area contributed by atoms with Crippen LogP contribution < -0.4 is 5.32 Å². The molecule has 6 heteroatoms. The molecule has 1 heterocycles. The average molecular weight is 378 g/mol. The number of hydrogen-bond acceptors (Lipinski definition) is 3. The van der Waals surface area contributed by atoms with E-state index in [0.717, 1.165) is 23.9 Å². The summed E-state index contributed by atoms with van der Waals surface area (Å²) in [6.07, 6.45) is 2.11. The van der Waals surface area contributed by atoms with Crippen LogP contribution in [0.4, 0.5) is 0 Å². The second kappa shape index (κ2) is 9.41. The van der Waals surface area contributed by atoms with Crippen LogP contribution in [0.25, 0.3) is 0 Å². The molecule has 0 aliphatic carbocycles. The zero-order valence-electron chi connectivity index (χ0n) is 12.2. The van der Waals surface area contributed by atoms with Gasteiger partial charge in [-0.1, -0.05) is 28.1 Å². The Morgan fingerprint density at radius 3 is 3.05 bits per heavy atom. The van der Waals surface area contributed by atoms with Crippen LogP contribution in [-0.2, 0) is 9.53 Å². The Hall–Kier alpha value is -0.620. The summed E-state index contributed by atoms with van der Waals surface area (Å²) in [5, 5.41) is 3.12. The first-order chi connectivity index (χ1) is 9.72. The quantitative estimate of drug-likeness (QED) is 0.775.